The summed E-state index contributed by atoms with van der Waals surface area (Å²) in [5, 5.41) is 0. The third-order valence-corrected chi connectivity index (χ3v) is 1.98. The van der Waals surface area contributed by atoms with Crippen LogP contribution in [-0.2, 0) is 4.79 Å². The molecule has 0 N–H and O–H groups in total. The fourth-order valence-electron chi connectivity index (χ4n) is 1.39. The predicted molar refractivity (Wildman–Crippen MR) is 49.5 cm³/mol. The van der Waals surface area contributed by atoms with Gasteiger partial charge in [0, 0.05) is 19.2 Å². The van der Waals surface area contributed by atoms with Crippen molar-refractivity contribution in [3.63, 3.8) is 0 Å². The lowest BCUT2D eigenvalue weighted by atomic mass is 10.1. The molecule has 0 atom stereocenters. The van der Waals surface area contributed by atoms with Crippen LogP contribution in [0.5, 0.6) is 0 Å². The molecule has 12 heavy (non-hydrogen) atoms. The molecule has 0 aliphatic heterocycles. The molecule has 2 nitrogen and oxygen atoms in total. The SMILES string of the molecule is CCN(C(C)=O)C1=CCCC=C1. The monoisotopic (exact) mass is 165 g/mol. The number of carbonyl (C=O) groups is 1. The Kier molecular flexibility index (Phi) is 3.09. The van der Waals surface area contributed by atoms with Crippen molar-refractivity contribution in [1.29, 1.82) is 0 Å². The van der Waals surface area contributed by atoms with Crippen molar-refractivity contribution < 1.29 is 4.79 Å². The number of amides is 1. The lowest BCUT2D eigenvalue weighted by molar-refractivity contribution is -0.126. The Morgan fingerprint density at radius 2 is 2.33 bits per heavy atom. The number of likely N-dealkylation sites (N-methyl/N-ethyl adjacent to an activating group) is 1. The lowest BCUT2D eigenvalue weighted by Crippen LogP contribution is -2.27. The maximum Gasteiger partial charge on any atom is 0.223 e. The van der Waals surface area contributed by atoms with E-state index in [-0.39, 0.29) is 5.91 Å². The van der Waals surface area contributed by atoms with Crippen molar-refractivity contribution in [1.82, 2.24) is 4.90 Å². The third kappa shape index (κ3) is 1.97. The van der Waals surface area contributed by atoms with E-state index in [9.17, 15) is 4.79 Å². The highest BCUT2D eigenvalue weighted by molar-refractivity contribution is 5.75. The van der Waals surface area contributed by atoms with E-state index in [1.165, 1.54) is 0 Å². The van der Waals surface area contributed by atoms with E-state index in [4.69, 9.17) is 0 Å². The first-order valence-corrected chi connectivity index (χ1v) is 4.40. The van der Waals surface area contributed by atoms with Crippen LogP contribution in [-0.4, -0.2) is 17.4 Å². The van der Waals surface area contributed by atoms with Crippen LogP contribution < -0.4 is 0 Å². The minimum atomic E-state index is 0.121. The zero-order valence-electron chi connectivity index (χ0n) is 7.71. The molecule has 0 saturated carbocycles. The van der Waals surface area contributed by atoms with E-state index >= 15 is 0 Å². The van der Waals surface area contributed by atoms with Crippen molar-refractivity contribution in [3.8, 4) is 0 Å². The Balaban J connectivity index is 2.71. The third-order valence-electron chi connectivity index (χ3n) is 1.98. The maximum atomic E-state index is 11.1. The minimum Gasteiger partial charge on any atom is -0.313 e. The molecule has 0 bridgehead atoms. The number of nitrogens with zero attached hydrogens (tertiary/aromatic N) is 1. The molecule has 0 radical (unpaired) electrons. The van der Waals surface area contributed by atoms with E-state index in [0.717, 1.165) is 25.1 Å². The molecule has 0 aromatic carbocycles. The molecule has 0 spiro atoms. The standard InChI is InChI=1S/C10H15NO/c1-3-11(9(2)12)10-7-5-4-6-8-10/h5,7-8H,3-4,6H2,1-2H3. The molecule has 0 aromatic heterocycles. The Hall–Kier alpha value is -1.05. The van der Waals surface area contributed by atoms with Crippen molar-refractivity contribution in [2.75, 3.05) is 6.54 Å². The zero-order chi connectivity index (χ0) is 8.97. The van der Waals surface area contributed by atoms with E-state index in [0.29, 0.717) is 0 Å². The van der Waals surface area contributed by atoms with Crippen molar-refractivity contribution in [3.05, 3.63) is 23.9 Å². The van der Waals surface area contributed by atoms with Crippen LogP contribution in [0.4, 0.5) is 0 Å². The fraction of sp³-hybridized carbons (Fsp3) is 0.500. The smallest absolute Gasteiger partial charge is 0.223 e. The first kappa shape index (κ1) is 9.04. The van der Waals surface area contributed by atoms with E-state index in [1.807, 2.05) is 13.0 Å². The molecule has 0 aromatic rings. The van der Waals surface area contributed by atoms with E-state index < -0.39 is 0 Å². The van der Waals surface area contributed by atoms with Crippen LogP contribution in [0.25, 0.3) is 0 Å². The molecule has 0 fully saturated rings. The summed E-state index contributed by atoms with van der Waals surface area (Å²) in [5.74, 6) is 0.121. The Morgan fingerprint density at radius 1 is 1.58 bits per heavy atom. The maximum absolute atomic E-state index is 11.1. The van der Waals surface area contributed by atoms with Gasteiger partial charge in [-0.05, 0) is 25.8 Å². The second kappa shape index (κ2) is 4.10. The van der Waals surface area contributed by atoms with Crippen LogP contribution in [0, 0.1) is 0 Å². The lowest BCUT2D eigenvalue weighted by Gasteiger charge is -2.21. The van der Waals surface area contributed by atoms with Crippen molar-refractivity contribution in [2.45, 2.75) is 26.7 Å². The van der Waals surface area contributed by atoms with Gasteiger partial charge in [-0.1, -0.05) is 12.2 Å². The van der Waals surface area contributed by atoms with Crippen LogP contribution in [0.3, 0.4) is 0 Å². The Morgan fingerprint density at radius 3 is 2.75 bits per heavy atom. The van der Waals surface area contributed by atoms with Gasteiger partial charge in [0.1, 0.15) is 0 Å². The highest BCUT2D eigenvalue weighted by atomic mass is 16.2. The average Bonchev–Trinajstić information content (AvgIpc) is 2.07. The molecular formula is C10H15NO. The zero-order valence-corrected chi connectivity index (χ0v) is 7.71. The van der Waals surface area contributed by atoms with Crippen molar-refractivity contribution >= 4 is 5.91 Å². The summed E-state index contributed by atoms with van der Waals surface area (Å²) in [5.41, 5.74) is 1.05. The molecule has 1 amide bonds. The number of rotatable bonds is 2. The molecule has 1 aliphatic carbocycles. The molecule has 0 heterocycles. The van der Waals surface area contributed by atoms with E-state index in [1.54, 1.807) is 11.8 Å². The number of hydrogen-bond acceptors (Lipinski definition) is 1. The van der Waals surface area contributed by atoms with Gasteiger partial charge in [-0.15, -0.1) is 0 Å². The van der Waals surface area contributed by atoms with Gasteiger partial charge in [0.2, 0.25) is 5.91 Å². The Labute approximate surface area is 73.6 Å². The summed E-state index contributed by atoms with van der Waals surface area (Å²) in [6, 6.07) is 0. The van der Waals surface area contributed by atoms with Gasteiger partial charge < -0.3 is 4.90 Å². The highest BCUT2D eigenvalue weighted by Crippen LogP contribution is 2.13. The summed E-state index contributed by atoms with van der Waals surface area (Å²) in [6.07, 6.45) is 8.40. The molecule has 0 saturated heterocycles. The van der Waals surface area contributed by atoms with Gasteiger partial charge >= 0.3 is 0 Å². The molecular weight excluding hydrogens is 150 g/mol. The molecule has 0 unspecified atom stereocenters. The first-order chi connectivity index (χ1) is 5.75. The van der Waals surface area contributed by atoms with Gasteiger partial charge in [0.05, 0.1) is 0 Å². The molecule has 1 rings (SSSR count). The molecule has 66 valence electrons. The summed E-state index contributed by atoms with van der Waals surface area (Å²) in [4.78, 5) is 12.9. The average molecular weight is 165 g/mol. The summed E-state index contributed by atoms with van der Waals surface area (Å²) < 4.78 is 0. The normalized spacial score (nSPS) is 15.7. The van der Waals surface area contributed by atoms with Crippen LogP contribution >= 0.6 is 0 Å². The fourth-order valence-corrected chi connectivity index (χ4v) is 1.39. The molecule has 2 heteroatoms. The van der Waals surface area contributed by atoms with Crippen molar-refractivity contribution in [2.24, 2.45) is 0 Å². The number of allylic oxidation sites excluding steroid dienone is 3. The molecule has 1 aliphatic rings. The second-order valence-corrected chi connectivity index (χ2v) is 2.87. The van der Waals surface area contributed by atoms with Gasteiger partial charge in [-0.3, -0.25) is 4.79 Å². The van der Waals surface area contributed by atoms with Gasteiger partial charge in [0.15, 0.2) is 0 Å². The Bertz CT molecular complexity index is 228. The number of hydrogen-bond donors (Lipinski definition) is 0. The quantitative estimate of drug-likeness (QED) is 0.613. The first-order valence-electron chi connectivity index (χ1n) is 4.40. The van der Waals surface area contributed by atoms with Gasteiger partial charge in [-0.25, -0.2) is 0 Å². The topological polar surface area (TPSA) is 20.3 Å². The summed E-state index contributed by atoms with van der Waals surface area (Å²) in [6.45, 7) is 4.35. The predicted octanol–water partition coefficient (Wildman–Crippen LogP) is 2.09. The second-order valence-electron chi connectivity index (χ2n) is 2.87. The van der Waals surface area contributed by atoms with E-state index in [2.05, 4.69) is 12.2 Å². The van der Waals surface area contributed by atoms with Gasteiger partial charge in [0.25, 0.3) is 0 Å². The minimum absolute atomic E-state index is 0.121. The number of carbonyl (C=O) groups excluding carboxylic acids is 1. The largest absolute Gasteiger partial charge is 0.313 e. The van der Waals surface area contributed by atoms with Gasteiger partial charge in [-0.2, -0.15) is 0 Å². The summed E-state index contributed by atoms with van der Waals surface area (Å²) >= 11 is 0. The summed E-state index contributed by atoms with van der Waals surface area (Å²) in [7, 11) is 0. The van der Waals surface area contributed by atoms with Crippen LogP contribution in [0.1, 0.15) is 26.7 Å². The van der Waals surface area contributed by atoms with Crippen LogP contribution in [0.15, 0.2) is 23.9 Å². The highest BCUT2D eigenvalue weighted by Gasteiger charge is 2.09. The van der Waals surface area contributed by atoms with Crippen LogP contribution in [0.2, 0.25) is 0 Å².